The molecule has 1 aromatic rings. The van der Waals surface area contributed by atoms with E-state index in [0.717, 1.165) is 5.56 Å². The van der Waals surface area contributed by atoms with E-state index in [1.807, 2.05) is 30.3 Å². The molecule has 0 aliphatic carbocycles. The first-order valence-electron chi connectivity index (χ1n) is 10.4. The van der Waals surface area contributed by atoms with E-state index in [1.165, 1.54) is 0 Å². The molecule has 1 rings (SSSR count). The minimum absolute atomic E-state index is 0.0294. The molecule has 2 atom stereocenters. The number of nitrogens with one attached hydrogen (secondary N) is 1. The molecule has 166 valence electrons. The van der Waals surface area contributed by atoms with E-state index in [4.69, 9.17) is 9.16 Å². The number of rotatable bonds is 12. The van der Waals surface area contributed by atoms with Crippen molar-refractivity contribution >= 4 is 20.2 Å². The van der Waals surface area contributed by atoms with Crippen LogP contribution in [0.3, 0.4) is 0 Å². The molecule has 0 fully saturated rings. The van der Waals surface area contributed by atoms with Crippen LogP contribution in [0, 0.1) is 0 Å². The third-order valence-corrected chi connectivity index (χ3v) is 9.88. The third-order valence-electron chi connectivity index (χ3n) is 5.39. The predicted molar refractivity (Wildman–Crippen MR) is 125 cm³/mol. The maximum absolute atomic E-state index is 12.8. The Balaban J connectivity index is 2.88. The number of ether oxygens (including phenoxy) is 1. The number of amides is 1. The predicted octanol–water partition coefficient (Wildman–Crippen LogP) is 5.32. The number of carbonyl (C=O) groups excluding carboxylic acids is 2. The fourth-order valence-electron chi connectivity index (χ4n) is 2.54. The zero-order chi connectivity index (χ0) is 22.8. The van der Waals surface area contributed by atoms with Gasteiger partial charge in [0.25, 0.3) is 0 Å². The molecule has 1 aromatic carbocycles. The Morgan fingerprint density at radius 3 is 2.30 bits per heavy atom. The first-order valence-corrected chi connectivity index (χ1v) is 13.3. The number of esters is 1. The fourth-order valence-corrected chi connectivity index (χ4v) is 3.80. The van der Waals surface area contributed by atoms with Crippen molar-refractivity contribution in [3.05, 3.63) is 61.2 Å². The van der Waals surface area contributed by atoms with Gasteiger partial charge in [-0.15, -0.1) is 13.2 Å². The van der Waals surface area contributed by atoms with Crippen LogP contribution in [0.25, 0.3) is 0 Å². The van der Waals surface area contributed by atoms with Crippen LogP contribution in [0.5, 0.6) is 0 Å². The summed E-state index contributed by atoms with van der Waals surface area (Å²) in [5.41, 5.74) is 0.878. The quantitative estimate of drug-likeness (QED) is 0.276. The zero-order valence-corrected chi connectivity index (χ0v) is 20.1. The Hall–Kier alpha value is -2.18. The molecule has 0 aromatic heterocycles. The maximum Gasteiger partial charge on any atom is 0.334 e. The van der Waals surface area contributed by atoms with Crippen LogP contribution < -0.4 is 5.32 Å². The van der Waals surface area contributed by atoms with Gasteiger partial charge < -0.3 is 14.5 Å². The van der Waals surface area contributed by atoms with Crippen LogP contribution in [-0.2, 0) is 18.8 Å². The van der Waals surface area contributed by atoms with Gasteiger partial charge in [0.1, 0.15) is 12.7 Å². The smallest absolute Gasteiger partial charge is 0.334 e. The normalized spacial score (nSPS) is 13.8. The summed E-state index contributed by atoms with van der Waals surface area (Å²) in [6.45, 7) is 18.0. The minimum Gasteiger partial charge on any atom is -0.461 e. The van der Waals surface area contributed by atoms with E-state index in [-0.39, 0.29) is 17.6 Å². The molecule has 0 radical (unpaired) electrons. The molecule has 1 amide bonds. The number of allylic oxidation sites excluding steroid dienone is 1. The largest absolute Gasteiger partial charge is 0.461 e. The molecule has 0 bridgehead atoms. The zero-order valence-electron chi connectivity index (χ0n) is 19.1. The lowest BCUT2D eigenvalue weighted by Crippen LogP contribution is -2.46. The molecule has 0 heterocycles. The summed E-state index contributed by atoms with van der Waals surface area (Å²) in [4.78, 5) is 25.1. The second-order valence-electron chi connectivity index (χ2n) is 8.88. The van der Waals surface area contributed by atoms with Crippen LogP contribution in [0.2, 0.25) is 18.1 Å². The van der Waals surface area contributed by atoms with Crippen LogP contribution >= 0.6 is 0 Å². The molecule has 0 unspecified atom stereocenters. The van der Waals surface area contributed by atoms with Gasteiger partial charge in [-0.2, -0.15) is 0 Å². The maximum atomic E-state index is 12.8. The summed E-state index contributed by atoms with van der Waals surface area (Å²) < 4.78 is 11.9. The number of hydrogen-bond acceptors (Lipinski definition) is 4. The second kappa shape index (κ2) is 11.9. The van der Waals surface area contributed by atoms with Crippen LogP contribution in [0.4, 0.5) is 0 Å². The third kappa shape index (κ3) is 8.28. The lowest BCUT2D eigenvalue weighted by Gasteiger charge is -2.38. The number of hydrogen-bond donors (Lipinski definition) is 1. The van der Waals surface area contributed by atoms with Gasteiger partial charge in [0.2, 0.25) is 5.91 Å². The van der Waals surface area contributed by atoms with Gasteiger partial charge in [0, 0.05) is 12.8 Å². The van der Waals surface area contributed by atoms with Gasteiger partial charge in [-0.3, -0.25) is 4.79 Å². The molecule has 0 saturated heterocycles. The lowest BCUT2D eigenvalue weighted by molar-refractivity contribution is -0.153. The summed E-state index contributed by atoms with van der Waals surface area (Å²) in [5, 5.41) is 2.92. The Bertz CT molecular complexity index is 710. The highest BCUT2D eigenvalue weighted by Crippen LogP contribution is 2.37. The van der Waals surface area contributed by atoms with E-state index >= 15 is 0 Å². The summed E-state index contributed by atoms with van der Waals surface area (Å²) in [6, 6.07) is 9.06. The first kappa shape index (κ1) is 25.9. The number of benzene rings is 1. The van der Waals surface area contributed by atoms with Crippen LogP contribution in [0.1, 0.15) is 51.6 Å². The van der Waals surface area contributed by atoms with Gasteiger partial charge in [-0.05, 0) is 30.1 Å². The van der Waals surface area contributed by atoms with Gasteiger partial charge in [0.05, 0.1) is 6.04 Å². The highest BCUT2D eigenvalue weighted by molar-refractivity contribution is 6.74. The van der Waals surface area contributed by atoms with E-state index in [9.17, 15) is 9.59 Å². The molecule has 0 spiro atoms. The van der Waals surface area contributed by atoms with E-state index in [0.29, 0.717) is 19.3 Å². The summed E-state index contributed by atoms with van der Waals surface area (Å²) in [6.07, 6.45) is 3.99. The van der Waals surface area contributed by atoms with Crippen molar-refractivity contribution in [2.75, 3.05) is 6.61 Å². The summed E-state index contributed by atoms with van der Waals surface area (Å²) in [5.74, 6) is -0.541. The average Bonchev–Trinajstić information content (AvgIpc) is 2.68. The highest BCUT2D eigenvalue weighted by Gasteiger charge is 2.41. The molecule has 30 heavy (non-hydrogen) atoms. The van der Waals surface area contributed by atoms with Crippen molar-refractivity contribution in [2.24, 2.45) is 0 Å². The Labute approximate surface area is 182 Å². The Kier molecular flexibility index (Phi) is 10.2. The van der Waals surface area contributed by atoms with Crippen molar-refractivity contribution in [1.82, 2.24) is 5.32 Å². The molecule has 0 aliphatic rings. The SMILES string of the molecule is C=CCCC(=O)N[C@@H](COC(=O)[C@@H](CC=C)O[Si](C)(C)C(C)(C)C)c1ccccc1. The summed E-state index contributed by atoms with van der Waals surface area (Å²) in [7, 11) is -2.16. The van der Waals surface area contributed by atoms with Gasteiger partial charge in [0.15, 0.2) is 8.32 Å². The van der Waals surface area contributed by atoms with Crippen LogP contribution in [-0.4, -0.2) is 32.9 Å². The highest BCUT2D eigenvalue weighted by atomic mass is 28.4. The van der Waals surface area contributed by atoms with E-state index in [1.54, 1.807) is 12.2 Å². The molecule has 1 N–H and O–H groups in total. The van der Waals surface area contributed by atoms with Crippen molar-refractivity contribution in [1.29, 1.82) is 0 Å². The first-order chi connectivity index (χ1) is 14.0. The van der Waals surface area contributed by atoms with Crippen molar-refractivity contribution in [3.8, 4) is 0 Å². The molecule has 5 nitrogen and oxygen atoms in total. The standard InChI is InChI=1S/C24H37NO4Si/c1-8-10-17-22(26)25-20(19-15-12-11-13-16-19)18-28-23(27)21(14-9-2)29-30(6,7)24(3,4)5/h8-9,11-13,15-16,20-21H,1-2,10,14,17-18H2,3-7H3,(H,25,26)/t20-,21+/m0/s1. The number of carbonyl (C=O) groups is 2. The molecular formula is C24H37NO4Si. The molecular weight excluding hydrogens is 394 g/mol. The second-order valence-corrected chi connectivity index (χ2v) is 13.6. The molecule has 0 aliphatic heterocycles. The van der Waals surface area contributed by atoms with E-state index < -0.39 is 26.4 Å². The van der Waals surface area contributed by atoms with E-state index in [2.05, 4.69) is 52.3 Å². The fraction of sp³-hybridized carbons (Fsp3) is 0.500. The van der Waals surface area contributed by atoms with Gasteiger partial charge in [-0.25, -0.2) is 4.79 Å². The van der Waals surface area contributed by atoms with Crippen molar-refractivity contribution in [3.63, 3.8) is 0 Å². The van der Waals surface area contributed by atoms with Crippen molar-refractivity contribution in [2.45, 2.75) is 70.3 Å². The van der Waals surface area contributed by atoms with Gasteiger partial charge >= 0.3 is 5.97 Å². The van der Waals surface area contributed by atoms with Crippen LogP contribution in [0.15, 0.2) is 55.6 Å². The minimum atomic E-state index is -2.16. The lowest BCUT2D eigenvalue weighted by atomic mass is 10.1. The Morgan fingerprint density at radius 1 is 1.13 bits per heavy atom. The average molecular weight is 432 g/mol. The Morgan fingerprint density at radius 2 is 1.77 bits per heavy atom. The molecule has 0 saturated carbocycles. The topological polar surface area (TPSA) is 64.6 Å². The van der Waals surface area contributed by atoms with Crippen molar-refractivity contribution < 1.29 is 18.8 Å². The summed E-state index contributed by atoms with van der Waals surface area (Å²) >= 11 is 0. The van der Waals surface area contributed by atoms with Gasteiger partial charge in [-0.1, -0.05) is 63.3 Å². The monoisotopic (exact) mass is 431 g/mol. The molecule has 6 heteroatoms.